The van der Waals surface area contributed by atoms with E-state index in [0.717, 1.165) is 32.1 Å². The Labute approximate surface area is 183 Å². The van der Waals surface area contributed by atoms with Crippen LogP contribution in [0.2, 0.25) is 0 Å². The number of aliphatic hydroxyl groups excluding tert-OH is 1. The Balaban J connectivity index is 5.72. The summed E-state index contributed by atoms with van der Waals surface area (Å²) in [5.41, 5.74) is 0. The van der Waals surface area contributed by atoms with Crippen molar-refractivity contribution >= 4 is 0 Å². The van der Waals surface area contributed by atoms with E-state index in [9.17, 15) is 5.11 Å². The molecule has 0 radical (unpaired) electrons. The van der Waals surface area contributed by atoms with Crippen molar-refractivity contribution in [1.29, 1.82) is 0 Å². The van der Waals surface area contributed by atoms with E-state index >= 15 is 0 Å². The molecule has 0 aromatic carbocycles. The van der Waals surface area contributed by atoms with Gasteiger partial charge in [-0.3, -0.25) is 0 Å². The molecule has 0 aromatic heterocycles. The summed E-state index contributed by atoms with van der Waals surface area (Å²) in [6, 6.07) is 0. The lowest BCUT2D eigenvalue weighted by Gasteiger charge is -2.42. The molecule has 0 saturated carbocycles. The highest BCUT2D eigenvalue weighted by Crippen LogP contribution is 2.33. The Morgan fingerprint density at radius 3 is 1.70 bits per heavy atom. The predicted octanol–water partition coefficient (Wildman–Crippen LogP) is 3.84. The first-order valence-corrected chi connectivity index (χ1v) is 11.4. The van der Waals surface area contributed by atoms with E-state index in [1.807, 2.05) is 13.8 Å². The van der Waals surface area contributed by atoms with Crippen molar-refractivity contribution in [1.82, 2.24) is 0 Å². The van der Waals surface area contributed by atoms with Gasteiger partial charge in [-0.15, -0.1) is 0 Å². The quantitative estimate of drug-likeness (QED) is 0.202. The Hall–Kier alpha value is -0.320. The summed E-state index contributed by atoms with van der Waals surface area (Å²) < 4.78 is 41.7. The molecule has 0 amide bonds. The second kappa shape index (κ2) is 18.3. The number of unbranched alkanes of at least 4 members (excludes halogenated alkanes) is 2. The van der Waals surface area contributed by atoms with E-state index in [2.05, 4.69) is 13.8 Å². The molecule has 0 bridgehead atoms. The van der Waals surface area contributed by atoms with E-state index in [0.29, 0.717) is 32.8 Å². The molecule has 2 unspecified atom stereocenters. The highest BCUT2D eigenvalue weighted by molar-refractivity contribution is 4.78. The standard InChI is InChI=1S/C22H46O8/c1-7-11-16-27-21(25-6,28-17-12-8-2)19-20(24-5)22(26-10-4,29-15-9-3)30-18-13-14-23/h20,23H,7-19H2,1-6H3. The van der Waals surface area contributed by atoms with Gasteiger partial charge in [0.2, 0.25) is 0 Å². The minimum Gasteiger partial charge on any atom is -0.396 e. The molecule has 0 aliphatic rings. The second-order valence-corrected chi connectivity index (χ2v) is 7.03. The lowest BCUT2D eigenvalue weighted by molar-refractivity contribution is -0.441. The molecular formula is C22H46O8. The van der Waals surface area contributed by atoms with Crippen LogP contribution in [0.1, 0.15) is 72.6 Å². The maximum atomic E-state index is 9.18. The monoisotopic (exact) mass is 438 g/mol. The van der Waals surface area contributed by atoms with Crippen LogP contribution in [0.5, 0.6) is 0 Å². The van der Waals surface area contributed by atoms with E-state index < -0.39 is 18.1 Å². The first-order valence-electron chi connectivity index (χ1n) is 11.4. The normalized spacial score (nSPS) is 15.3. The molecular weight excluding hydrogens is 392 g/mol. The second-order valence-electron chi connectivity index (χ2n) is 7.03. The van der Waals surface area contributed by atoms with Crippen molar-refractivity contribution in [3.63, 3.8) is 0 Å². The molecule has 2 atom stereocenters. The zero-order chi connectivity index (χ0) is 22.7. The highest BCUT2D eigenvalue weighted by Gasteiger charge is 2.49. The van der Waals surface area contributed by atoms with Crippen molar-refractivity contribution in [3.8, 4) is 0 Å². The van der Waals surface area contributed by atoms with Crippen molar-refractivity contribution < 1.29 is 38.3 Å². The predicted molar refractivity (Wildman–Crippen MR) is 115 cm³/mol. The zero-order valence-electron chi connectivity index (χ0n) is 20.1. The summed E-state index contributed by atoms with van der Waals surface area (Å²) in [6.45, 7) is 10.1. The van der Waals surface area contributed by atoms with Gasteiger partial charge in [-0.25, -0.2) is 0 Å². The molecule has 0 aromatic rings. The summed E-state index contributed by atoms with van der Waals surface area (Å²) in [6.07, 6.45) is 4.50. The van der Waals surface area contributed by atoms with Gasteiger partial charge in [-0.05, 0) is 32.6 Å². The molecule has 0 heterocycles. The van der Waals surface area contributed by atoms with Crippen LogP contribution in [0.3, 0.4) is 0 Å². The zero-order valence-corrected chi connectivity index (χ0v) is 20.1. The lowest BCUT2D eigenvalue weighted by Crippen LogP contribution is -2.55. The van der Waals surface area contributed by atoms with Crippen LogP contribution in [-0.4, -0.2) is 77.0 Å². The van der Waals surface area contributed by atoms with Gasteiger partial charge in [-0.2, -0.15) is 0 Å². The molecule has 182 valence electrons. The molecule has 0 spiro atoms. The van der Waals surface area contributed by atoms with Crippen molar-refractivity contribution in [3.05, 3.63) is 0 Å². The molecule has 1 N–H and O–H groups in total. The number of hydrogen-bond acceptors (Lipinski definition) is 8. The average molecular weight is 439 g/mol. The topological polar surface area (TPSA) is 84.8 Å². The number of aliphatic hydroxyl groups is 1. The lowest BCUT2D eigenvalue weighted by atomic mass is 10.1. The van der Waals surface area contributed by atoms with Crippen LogP contribution in [0, 0.1) is 0 Å². The fraction of sp³-hybridized carbons (Fsp3) is 1.00. The van der Waals surface area contributed by atoms with Gasteiger partial charge in [0.15, 0.2) is 0 Å². The van der Waals surface area contributed by atoms with Crippen LogP contribution in [0.15, 0.2) is 0 Å². The van der Waals surface area contributed by atoms with Gasteiger partial charge < -0.3 is 38.3 Å². The summed E-state index contributed by atoms with van der Waals surface area (Å²) in [4.78, 5) is 0. The van der Waals surface area contributed by atoms with Crippen molar-refractivity contribution in [2.24, 2.45) is 0 Å². The van der Waals surface area contributed by atoms with Crippen molar-refractivity contribution in [2.45, 2.75) is 90.7 Å². The maximum Gasteiger partial charge on any atom is 0.311 e. The first-order chi connectivity index (χ1) is 14.5. The van der Waals surface area contributed by atoms with Crippen LogP contribution in [-0.2, 0) is 33.2 Å². The number of methoxy groups -OCH3 is 2. The molecule has 8 heteroatoms. The molecule has 8 nitrogen and oxygen atoms in total. The minimum atomic E-state index is -1.46. The average Bonchev–Trinajstić information content (AvgIpc) is 2.76. The summed E-state index contributed by atoms with van der Waals surface area (Å²) >= 11 is 0. The van der Waals surface area contributed by atoms with E-state index in [1.165, 1.54) is 0 Å². The Morgan fingerprint density at radius 1 is 0.700 bits per heavy atom. The van der Waals surface area contributed by atoms with Gasteiger partial charge in [0.05, 0.1) is 32.8 Å². The third-order valence-electron chi connectivity index (χ3n) is 4.52. The van der Waals surface area contributed by atoms with Gasteiger partial charge in [0, 0.05) is 27.4 Å². The third-order valence-corrected chi connectivity index (χ3v) is 4.52. The van der Waals surface area contributed by atoms with Crippen LogP contribution < -0.4 is 0 Å². The molecule has 0 aliphatic heterocycles. The smallest absolute Gasteiger partial charge is 0.311 e. The largest absolute Gasteiger partial charge is 0.396 e. The van der Waals surface area contributed by atoms with Gasteiger partial charge >= 0.3 is 5.97 Å². The van der Waals surface area contributed by atoms with Crippen LogP contribution in [0.25, 0.3) is 0 Å². The molecule has 0 fully saturated rings. The van der Waals surface area contributed by atoms with E-state index in [-0.39, 0.29) is 19.6 Å². The highest BCUT2D eigenvalue weighted by atomic mass is 16.9. The van der Waals surface area contributed by atoms with Gasteiger partial charge in [-0.1, -0.05) is 33.6 Å². The van der Waals surface area contributed by atoms with E-state index in [1.54, 1.807) is 14.2 Å². The van der Waals surface area contributed by atoms with Crippen molar-refractivity contribution in [2.75, 3.05) is 53.9 Å². The SMILES string of the molecule is CCCCOC(CC(OC)C(OCC)(OCCC)OCCCO)(OC)OCCCC. The third kappa shape index (κ3) is 10.8. The fourth-order valence-corrected chi connectivity index (χ4v) is 2.81. The Bertz CT molecular complexity index is 372. The summed E-state index contributed by atoms with van der Waals surface area (Å²) in [5.74, 6) is -2.76. The van der Waals surface area contributed by atoms with Gasteiger partial charge in [0.25, 0.3) is 5.97 Å². The first kappa shape index (κ1) is 29.7. The van der Waals surface area contributed by atoms with E-state index in [4.69, 9.17) is 33.2 Å². The van der Waals surface area contributed by atoms with Crippen LogP contribution >= 0.6 is 0 Å². The number of rotatable bonds is 22. The Morgan fingerprint density at radius 2 is 1.27 bits per heavy atom. The molecule has 0 rings (SSSR count). The molecule has 0 aliphatic carbocycles. The van der Waals surface area contributed by atoms with Crippen LogP contribution in [0.4, 0.5) is 0 Å². The summed E-state index contributed by atoms with van der Waals surface area (Å²) in [7, 11) is 3.13. The number of hydrogen-bond donors (Lipinski definition) is 1. The fourth-order valence-electron chi connectivity index (χ4n) is 2.81. The maximum absolute atomic E-state index is 9.18. The number of ether oxygens (including phenoxy) is 7. The minimum absolute atomic E-state index is 0.00982. The summed E-state index contributed by atoms with van der Waals surface area (Å²) in [5, 5.41) is 9.18. The Kier molecular flexibility index (Phi) is 18.1. The van der Waals surface area contributed by atoms with Gasteiger partial charge in [0.1, 0.15) is 6.10 Å². The molecule has 0 saturated heterocycles. The molecule has 30 heavy (non-hydrogen) atoms.